The second kappa shape index (κ2) is 11.7. The SMILES string of the molecule is C[C@@H](O[C@H]1CC[C@@H](N(C)Cc2n[nH]c(=O)[nH]2)[C@@H]1c1ccc(F)cc1)c1cc(C(F)(F)F)cc(C(F)(F)F)c1.Cl. The topological polar surface area (TPSA) is 74.0 Å². The van der Waals surface area contributed by atoms with Crippen LogP contribution >= 0.6 is 12.4 Å². The highest BCUT2D eigenvalue weighted by Gasteiger charge is 2.42. The number of H-pyrrole nitrogens is 2. The normalized spacial score (nSPS) is 20.7. The van der Waals surface area contributed by atoms with E-state index in [0.29, 0.717) is 36.4 Å². The fourth-order valence-electron chi connectivity index (χ4n) is 5.00. The van der Waals surface area contributed by atoms with E-state index in [2.05, 4.69) is 15.2 Å². The number of alkyl halides is 6. The number of ether oxygens (including phenoxy) is 1. The number of aromatic amines is 2. The number of likely N-dealkylation sites (N-methyl/N-ethyl adjacent to an activating group) is 1. The summed E-state index contributed by atoms with van der Waals surface area (Å²) in [6.07, 6.45) is -10.6. The summed E-state index contributed by atoms with van der Waals surface area (Å²) in [6, 6.07) is 6.92. The van der Waals surface area contributed by atoms with Crippen LogP contribution in [0.4, 0.5) is 30.7 Å². The van der Waals surface area contributed by atoms with E-state index in [-0.39, 0.29) is 42.5 Å². The van der Waals surface area contributed by atoms with Gasteiger partial charge in [-0.25, -0.2) is 14.3 Å². The summed E-state index contributed by atoms with van der Waals surface area (Å²) in [5.41, 5.74) is -2.84. The second-order valence-corrected chi connectivity index (χ2v) is 9.42. The monoisotopic (exact) mass is 582 g/mol. The molecule has 1 fully saturated rings. The molecular weight excluding hydrogens is 557 g/mol. The summed E-state index contributed by atoms with van der Waals surface area (Å²) in [7, 11) is 1.79. The molecule has 0 spiro atoms. The van der Waals surface area contributed by atoms with Crippen LogP contribution in [0.3, 0.4) is 0 Å². The predicted molar refractivity (Wildman–Crippen MR) is 130 cm³/mol. The van der Waals surface area contributed by atoms with E-state index < -0.39 is 47.2 Å². The van der Waals surface area contributed by atoms with Gasteiger partial charge in [-0.2, -0.15) is 31.4 Å². The molecule has 0 unspecified atom stereocenters. The Morgan fingerprint density at radius 3 is 2.13 bits per heavy atom. The zero-order valence-corrected chi connectivity index (χ0v) is 21.6. The number of halogens is 8. The van der Waals surface area contributed by atoms with E-state index in [1.165, 1.54) is 19.1 Å². The van der Waals surface area contributed by atoms with Crippen molar-refractivity contribution < 1.29 is 35.5 Å². The van der Waals surface area contributed by atoms with E-state index in [4.69, 9.17) is 4.74 Å². The van der Waals surface area contributed by atoms with Crippen molar-refractivity contribution >= 4 is 12.4 Å². The maximum Gasteiger partial charge on any atom is 0.416 e. The highest BCUT2D eigenvalue weighted by atomic mass is 35.5. The number of hydrogen-bond donors (Lipinski definition) is 2. The molecule has 2 N–H and O–H groups in total. The molecule has 1 aliphatic carbocycles. The zero-order chi connectivity index (χ0) is 27.8. The average molecular weight is 583 g/mol. The van der Waals surface area contributed by atoms with Gasteiger partial charge in [0.2, 0.25) is 0 Å². The Morgan fingerprint density at radius 1 is 1.03 bits per heavy atom. The fraction of sp³-hybridized carbons (Fsp3) is 0.440. The molecule has 39 heavy (non-hydrogen) atoms. The maximum atomic E-state index is 13.6. The van der Waals surface area contributed by atoms with Crippen LogP contribution in [0.5, 0.6) is 0 Å². The van der Waals surface area contributed by atoms with Gasteiger partial charge in [-0.3, -0.25) is 9.88 Å². The summed E-state index contributed by atoms with van der Waals surface area (Å²) in [6.45, 7) is 1.66. The van der Waals surface area contributed by atoms with E-state index in [1.54, 1.807) is 19.2 Å². The lowest BCUT2D eigenvalue weighted by Gasteiger charge is -2.33. The van der Waals surface area contributed by atoms with E-state index in [1.807, 2.05) is 4.90 Å². The van der Waals surface area contributed by atoms with Crippen LogP contribution in [0, 0.1) is 5.82 Å². The minimum Gasteiger partial charge on any atom is -0.370 e. The summed E-state index contributed by atoms with van der Waals surface area (Å²) >= 11 is 0. The Balaban J connectivity index is 0.00000420. The van der Waals surface area contributed by atoms with Crippen molar-refractivity contribution in [1.82, 2.24) is 20.1 Å². The third kappa shape index (κ3) is 7.20. The van der Waals surface area contributed by atoms with Crippen molar-refractivity contribution in [2.24, 2.45) is 0 Å². The molecule has 1 aliphatic rings. The molecule has 0 bridgehead atoms. The molecule has 2 aromatic carbocycles. The number of rotatable bonds is 7. The molecule has 6 nitrogen and oxygen atoms in total. The highest BCUT2D eigenvalue weighted by molar-refractivity contribution is 5.85. The molecule has 214 valence electrons. The van der Waals surface area contributed by atoms with Crippen LogP contribution in [0.25, 0.3) is 0 Å². The first-order valence-electron chi connectivity index (χ1n) is 11.8. The zero-order valence-electron chi connectivity index (χ0n) is 20.7. The Labute approximate surface area is 225 Å². The fourth-order valence-corrected chi connectivity index (χ4v) is 5.00. The lowest BCUT2D eigenvalue weighted by atomic mass is 9.91. The third-order valence-corrected chi connectivity index (χ3v) is 6.79. The second-order valence-electron chi connectivity index (χ2n) is 9.42. The van der Waals surface area contributed by atoms with Crippen molar-refractivity contribution in [3.63, 3.8) is 0 Å². The molecule has 1 aromatic heterocycles. The van der Waals surface area contributed by atoms with Gasteiger partial charge in [-0.05, 0) is 68.3 Å². The summed E-state index contributed by atoms with van der Waals surface area (Å²) in [5, 5.41) is 6.18. The summed E-state index contributed by atoms with van der Waals surface area (Å²) in [5.74, 6) is -0.460. The van der Waals surface area contributed by atoms with Crippen LogP contribution < -0.4 is 5.69 Å². The Hall–Kier alpha value is -2.90. The van der Waals surface area contributed by atoms with Crippen molar-refractivity contribution in [3.8, 4) is 0 Å². The molecule has 0 saturated heterocycles. The summed E-state index contributed by atoms with van der Waals surface area (Å²) in [4.78, 5) is 15.9. The lowest BCUT2D eigenvalue weighted by molar-refractivity contribution is -0.143. The molecule has 0 aliphatic heterocycles. The van der Waals surface area contributed by atoms with Crippen molar-refractivity contribution in [3.05, 3.63) is 86.8 Å². The number of aromatic nitrogens is 3. The van der Waals surface area contributed by atoms with Crippen LogP contribution in [-0.4, -0.2) is 39.3 Å². The van der Waals surface area contributed by atoms with Gasteiger partial charge in [0.05, 0.1) is 29.9 Å². The van der Waals surface area contributed by atoms with Gasteiger partial charge in [0.25, 0.3) is 0 Å². The molecule has 0 radical (unpaired) electrons. The van der Waals surface area contributed by atoms with E-state index in [0.717, 1.165) is 0 Å². The van der Waals surface area contributed by atoms with E-state index in [9.17, 15) is 35.5 Å². The van der Waals surface area contributed by atoms with Gasteiger partial charge in [-0.15, -0.1) is 12.4 Å². The molecule has 4 rings (SSSR count). The Morgan fingerprint density at radius 2 is 1.62 bits per heavy atom. The number of benzene rings is 2. The molecule has 14 heteroatoms. The molecule has 1 heterocycles. The largest absolute Gasteiger partial charge is 0.416 e. The van der Waals surface area contributed by atoms with Crippen molar-refractivity contribution in [2.45, 2.75) is 62.8 Å². The lowest BCUT2D eigenvalue weighted by Crippen LogP contribution is -2.36. The first-order chi connectivity index (χ1) is 17.7. The molecule has 4 atom stereocenters. The molecular formula is C25H26ClF7N4O2. The Bertz CT molecular complexity index is 1270. The number of nitrogens with zero attached hydrogens (tertiary/aromatic N) is 2. The van der Waals surface area contributed by atoms with Gasteiger partial charge in [0, 0.05) is 12.0 Å². The molecule has 0 amide bonds. The van der Waals surface area contributed by atoms with Gasteiger partial charge in [0.15, 0.2) is 0 Å². The quantitative estimate of drug-likeness (QED) is 0.324. The predicted octanol–water partition coefficient (Wildman–Crippen LogP) is 6.22. The first-order valence-corrected chi connectivity index (χ1v) is 11.8. The summed E-state index contributed by atoms with van der Waals surface area (Å²) < 4.78 is 100.0. The molecule has 3 aromatic rings. The minimum atomic E-state index is -4.97. The average Bonchev–Trinajstić information content (AvgIpc) is 3.44. The smallest absolute Gasteiger partial charge is 0.370 e. The van der Waals surface area contributed by atoms with Crippen LogP contribution in [0.1, 0.15) is 59.9 Å². The Kier molecular flexibility index (Phi) is 9.18. The van der Waals surface area contributed by atoms with Gasteiger partial charge < -0.3 is 4.74 Å². The minimum absolute atomic E-state index is 0. The number of nitrogens with one attached hydrogen (secondary N) is 2. The van der Waals surface area contributed by atoms with Gasteiger partial charge in [-0.1, -0.05) is 12.1 Å². The van der Waals surface area contributed by atoms with Crippen LogP contribution in [0.2, 0.25) is 0 Å². The standard InChI is InChI=1S/C25H25F7N4O2.ClH/c1-13(15-9-16(24(27,28)29)11-17(10-15)25(30,31)32)38-20-8-7-19(22(20)14-3-5-18(26)6-4-14)36(2)12-21-33-23(37)35-34-21;/h3-6,9-11,13,19-20,22H,7-8,12H2,1-2H3,(H2,33,34,35,37);1H/t13-,19-,20+,22+;/m1./s1. The van der Waals surface area contributed by atoms with E-state index >= 15 is 0 Å². The van der Waals surface area contributed by atoms with Gasteiger partial charge >= 0.3 is 18.0 Å². The molecule has 1 saturated carbocycles. The van der Waals surface area contributed by atoms with Gasteiger partial charge in [0.1, 0.15) is 11.6 Å². The van der Waals surface area contributed by atoms with Crippen molar-refractivity contribution in [1.29, 1.82) is 0 Å². The maximum absolute atomic E-state index is 13.6. The third-order valence-electron chi connectivity index (χ3n) is 6.79. The van der Waals surface area contributed by atoms with Crippen LogP contribution in [-0.2, 0) is 23.6 Å². The highest BCUT2D eigenvalue weighted by Crippen LogP contribution is 2.43. The number of hydrogen-bond acceptors (Lipinski definition) is 4. The first kappa shape index (κ1) is 30.6. The van der Waals surface area contributed by atoms with Crippen molar-refractivity contribution in [2.75, 3.05) is 7.05 Å². The van der Waals surface area contributed by atoms with Crippen LogP contribution in [0.15, 0.2) is 47.3 Å².